The summed E-state index contributed by atoms with van der Waals surface area (Å²) in [5, 5.41) is 15.2. The zero-order chi connectivity index (χ0) is 23.8. The lowest BCUT2D eigenvalue weighted by Gasteiger charge is -2.33. The first-order valence-corrected chi connectivity index (χ1v) is 10.8. The van der Waals surface area contributed by atoms with E-state index in [1.807, 2.05) is 65.0 Å². The highest BCUT2D eigenvalue weighted by Crippen LogP contribution is 2.26. The van der Waals surface area contributed by atoms with Gasteiger partial charge in [-0.25, -0.2) is 4.79 Å². The van der Waals surface area contributed by atoms with Crippen molar-refractivity contribution in [3.05, 3.63) is 47.5 Å². The molecule has 172 valence electrons. The number of nitrogens with one attached hydrogen (secondary N) is 2. The summed E-state index contributed by atoms with van der Waals surface area (Å²) in [5.41, 5.74) is 0.774. The first-order valence-electron chi connectivity index (χ1n) is 10.8. The zero-order valence-corrected chi connectivity index (χ0v) is 19.9. The van der Waals surface area contributed by atoms with Gasteiger partial charge in [-0.3, -0.25) is 9.59 Å². The summed E-state index contributed by atoms with van der Waals surface area (Å²) in [4.78, 5) is 37.5. The maximum atomic E-state index is 13.2. The van der Waals surface area contributed by atoms with Gasteiger partial charge in [-0.05, 0) is 43.2 Å². The summed E-state index contributed by atoms with van der Waals surface area (Å²) in [5.74, 6) is -1.43. The second-order valence-electron chi connectivity index (χ2n) is 9.57. The molecule has 31 heavy (non-hydrogen) atoms. The van der Waals surface area contributed by atoms with E-state index in [-0.39, 0.29) is 35.5 Å². The molecule has 0 fully saturated rings. The minimum absolute atomic E-state index is 0.0939. The fourth-order valence-corrected chi connectivity index (χ4v) is 3.43. The quantitative estimate of drug-likeness (QED) is 0.466. The lowest BCUT2D eigenvalue weighted by Crippen LogP contribution is -2.55. The number of likely N-dealkylation sites (N-methyl/N-ethyl adjacent to an activating group) is 1. The number of carboxylic acid groups (broad SMARTS) is 1. The number of ketones is 1. The maximum absolute atomic E-state index is 13.2. The molecule has 0 spiro atoms. The van der Waals surface area contributed by atoms with Crippen LogP contribution in [0.1, 0.15) is 53.5 Å². The lowest BCUT2D eigenvalue weighted by atomic mass is 9.79. The number of aliphatic carboxylic acids is 1. The number of hydrogen-bond acceptors (Lipinski definition) is 4. The largest absolute Gasteiger partial charge is 0.478 e. The molecule has 0 aromatic heterocycles. The molecule has 6 nitrogen and oxygen atoms in total. The molecule has 3 atom stereocenters. The molecule has 3 N–H and O–H groups in total. The SMILES string of the molecule is CNC(Cc1ccccc1)C(=O)N[C@H](C(=O)C[C@H](/C=C(\C)C(=O)O)C(C)C)C(C)(C)C. The number of allylic oxidation sites excluding steroid dienone is 1. The Kier molecular flexibility index (Phi) is 10.1. The molecular weight excluding hydrogens is 392 g/mol. The molecule has 0 radical (unpaired) electrons. The second kappa shape index (κ2) is 11.8. The van der Waals surface area contributed by atoms with Crippen molar-refractivity contribution in [2.24, 2.45) is 17.3 Å². The van der Waals surface area contributed by atoms with Crippen LogP contribution in [0.3, 0.4) is 0 Å². The Morgan fingerprint density at radius 3 is 2.13 bits per heavy atom. The summed E-state index contributed by atoms with van der Waals surface area (Å²) >= 11 is 0. The first kappa shape index (κ1) is 26.6. The molecule has 0 aliphatic rings. The van der Waals surface area contributed by atoms with E-state index in [0.717, 1.165) is 5.56 Å². The van der Waals surface area contributed by atoms with E-state index in [9.17, 15) is 19.5 Å². The van der Waals surface area contributed by atoms with Crippen LogP contribution in [0.5, 0.6) is 0 Å². The highest BCUT2D eigenvalue weighted by atomic mass is 16.4. The third-order valence-corrected chi connectivity index (χ3v) is 5.52. The molecule has 1 aromatic rings. The van der Waals surface area contributed by atoms with Crippen LogP contribution >= 0.6 is 0 Å². The molecule has 0 bridgehead atoms. The predicted octanol–water partition coefficient (Wildman–Crippen LogP) is 3.61. The number of carboxylic acids is 1. The van der Waals surface area contributed by atoms with E-state index >= 15 is 0 Å². The van der Waals surface area contributed by atoms with Gasteiger partial charge in [0.05, 0.1) is 12.1 Å². The average Bonchev–Trinajstić information content (AvgIpc) is 2.68. The van der Waals surface area contributed by atoms with E-state index in [2.05, 4.69) is 10.6 Å². The third-order valence-electron chi connectivity index (χ3n) is 5.52. The van der Waals surface area contributed by atoms with Gasteiger partial charge in [-0.2, -0.15) is 0 Å². The molecular formula is C25H38N2O4. The number of hydrogen-bond donors (Lipinski definition) is 3. The fraction of sp³-hybridized carbons (Fsp3) is 0.560. The van der Waals surface area contributed by atoms with Gasteiger partial charge in [-0.1, -0.05) is 71.0 Å². The van der Waals surface area contributed by atoms with Crippen molar-refractivity contribution in [1.29, 1.82) is 0 Å². The Bertz CT molecular complexity index is 778. The summed E-state index contributed by atoms with van der Waals surface area (Å²) < 4.78 is 0. The van der Waals surface area contributed by atoms with Crippen molar-refractivity contribution in [1.82, 2.24) is 10.6 Å². The van der Waals surface area contributed by atoms with E-state index in [0.29, 0.717) is 6.42 Å². The summed E-state index contributed by atoms with van der Waals surface area (Å²) in [6.45, 7) is 11.2. The van der Waals surface area contributed by atoms with Crippen LogP contribution in [0, 0.1) is 17.3 Å². The Morgan fingerprint density at radius 2 is 1.68 bits per heavy atom. The van der Waals surface area contributed by atoms with Gasteiger partial charge in [0.2, 0.25) is 5.91 Å². The Labute approximate surface area is 186 Å². The van der Waals surface area contributed by atoms with Crippen LogP contribution in [0.4, 0.5) is 0 Å². The van der Waals surface area contributed by atoms with Crippen LogP contribution < -0.4 is 10.6 Å². The molecule has 1 unspecified atom stereocenters. The molecule has 0 heterocycles. The van der Waals surface area contributed by atoms with Gasteiger partial charge >= 0.3 is 5.97 Å². The van der Waals surface area contributed by atoms with Crippen LogP contribution in [0.25, 0.3) is 0 Å². The monoisotopic (exact) mass is 430 g/mol. The van der Waals surface area contributed by atoms with Gasteiger partial charge < -0.3 is 15.7 Å². The molecule has 0 saturated carbocycles. The number of carbonyl (C=O) groups excluding carboxylic acids is 2. The highest BCUT2D eigenvalue weighted by Gasteiger charge is 2.35. The van der Waals surface area contributed by atoms with E-state index in [1.54, 1.807) is 13.1 Å². The zero-order valence-electron chi connectivity index (χ0n) is 19.9. The van der Waals surface area contributed by atoms with Crippen molar-refractivity contribution in [3.8, 4) is 0 Å². The number of benzene rings is 1. The van der Waals surface area contributed by atoms with Crippen LogP contribution in [0.15, 0.2) is 42.0 Å². The number of rotatable bonds is 11. The van der Waals surface area contributed by atoms with E-state index in [4.69, 9.17) is 0 Å². The van der Waals surface area contributed by atoms with Crippen LogP contribution in [-0.2, 0) is 20.8 Å². The molecule has 0 aliphatic heterocycles. The molecule has 1 rings (SSSR count). The summed E-state index contributed by atoms with van der Waals surface area (Å²) in [6, 6.07) is 8.59. The van der Waals surface area contributed by atoms with Gasteiger partial charge in [0.25, 0.3) is 0 Å². The molecule has 1 amide bonds. The second-order valence-corrected chi connectivity index (χ2v) is 9.57. The minimum atomic E-state index is -0.989. The summed E-state index contributed by atoms with van der Waals surface area (Å²) in [7, 11) is 1.73. The Morgan fingerprint density at radius 1 is 1.10 bits per heavy atom. The van der Waals surface area contributed by atoms with Gasteiger partial charge in [0, 0.05) is 12.0 Å². The minimum Gasteiger partial charge on any atom is -0.478 e. The van der Waals surface area contributed by atoms with Gasteiger partial charge in [0.15, 0.2) is 5.78 Å². The highest BCUT2D eigenvalue weighted by molar-refractivity contribution is 5.92. The van der Waals surface area contributed by atoms with Crippen molar-refractivity contribution in [2.75, 3.05) is 7.05 Å². The van der Waals surface area contributed by atoms with Crippen molar-refractivity contribution in [3.63, 3.8) is 0 Å². The van der Waals surface area contributed by atoms with E-state index in [1.165, 1.54) is 6.92 Å². The maximum Gasteiger partial charge on any atom is 0.330 e. The Balaban J connectivity index is 3.01. The normalized spacial score (nSPS) is 15.3. The molecule has 6 heteroatoms. The van der Waals surface area contributed by atoms with Crippen LogP contribution in [0.2, 0.25) is 0 Å². The molecule has 0 saturated heterocycles. The first-order chi connectivity index (χ1) is 14.4. The number of carbonyl (C=O) groups is 3. The molecule has 0 aliphatic carbocycles. The summed E-state index contributed by atoms with van der Waals surface area (Å²) in [6.07, 6.45) is 2.34. The Hall–Kier alpha value is -2.47. The standard InChI is InChI=1S/C25H38N2O4/c1-16(2)19(13-17(3)24(30)31)15-21(28)22(25(4,5)6)27-23(29)20(26-7)14-18-11-9-8-10-12-18/h8-13,16,19-20,22,26H,14-15H2,1-7H3,(H,27,29)(H,30,31)/b17-13+/t19-,20?,22+/m0/s1. The van der Waals surface area contributed by atoms with Crippen LogP contribution in [-0.4, -0.2) is 41.9 Å². The van der Waals surface area contributed by atoms with E-state index < -0.39 is 23.5 Å². The number of amides is 1. The third kappa shape index (κ3) is 8.66. The smallest absolute Gasteiger partial charge is 0.330 e. The van der Waals surface area contributed by atoms with Crippen molar-refractivity contribution in [2.45, 2.75) is 66.5 Å². The average molecular weight is 431 g/mol. The van der Waals surface area contributed by atoms with Crippen molar-refractivity contribution < 1.29 is 19.5 Å². The predicted molar refractivity (Wildman–Crippen MR) is 124 cm³/mol. The molecule has 1 aromatic carbocycles. The fourth-order valence-electron chi connectivity index (χ4n) is 3.43. The lowest BCUT2D eigenvalue weighted by molar-refractivity contribution is -0.132. The number of Topliss-reactive ketones (excluding diaryl/α,β-unsaturated/α-hetero) is 1. The van der Waals surface area contributed by atoms with Gasteiger partial charge in [-0.15, -0.1) is 0 Å². The van der Waals surface area contributed by atoms with Gasteiger partial charge in [0.1, 0.15) is 0 Å². The topological polar surface area (TPSA) is 95.5 Å². The van der Waals surface area contributed by atoms with Crippen molar-refractivity contribution >= 4 is 17.7 Å².